The molecule has 0 radical (unpaired) electrons. The fourth-order valence-electron chi connectivity index (χ4n) is 0.581. The van der Waals surface area contributed by atoms with Crippen molar-refractivity contribution in [2.24, 2.45) is 0 Å². The number of nitrogens with one attached hydrogen (secondary N) is 1. The molecule has 0 saturated heterocycles. The molecule has 0 saturated carbocycles. The van der Waals surface area contributed by atoms with Gasteiger partial charge in [-0.25, -0.2) is 5.70 Å². The fourth-order valence-corrected chi connectivity index (χ4v) is 0.581. The van der Waals surface area contributed by atoms with E-state index in [2.05, 4.69) is 12.6 Å². The van der Waals surface area contributed by atoms with E-state index in [1.165, 1.54) is 0 Å². The third-order valence-electron chi connectivity index (χ3n) is 1.03. The van der Waals surface area contributed by atoms with Gasteiger partial charge in [-0.05, 0) is 0 Å². The molecule has 1 rings (SSSR count). The maximum absolute atomic E-state index is 7.09. The molecule has 1 aromatic carbocycles. The molecule has 0 amide bonds. The Labute approximate surface area is 116 Å². The standard InChI is InChI=1S/C8H7N.3C2H6.W/c1-7(9)8-5-3-2-4-6-8;3*1-2;/h2-5,9H,1H2;3*1-2H3;/q-2;;;;+2. The van der Waals surface area contributed by atoms with Crippen LogP contribution >= 0.6 is 0 Å². The minimum absolute atomic E-state index is 0. The van der Waals surface area contributed by atoms with Crippen LogP contribution in [0.3, 0.4) is 0 Å². The van der Waals surface area contributed by atoms with Crippen LogP contribution < -0.4 is 0 Å². The number of benzene rings is 1. The van der Waals surface area contributed by atoms with E-state index in [9.17, 15) is 0 Å². The van der Waals surface area contributed by atoms with E-state index in [0.717, 1.165) is 5.56 Å². The van der Waals surface area contributed by atoms with Gasteiger partial charge in [0.25, 0.3) is 0 Å². The van der Waals surface area contributed by atoms with Crippen molar-refractivity contribution in [3.8, 4) is 0 Å². The van der Waals surface area contributed by atoms with E-state index < -0.39 is 0 Å². The van der Waals surface area contributed by atoms with Gasteiger partial charge in [-0.15, -0.1) is 30.3 Å². The summed E-state index contributed by atoms with van der Waals surface area (Å²) in [5.41, 5.74) is 8.17. The summed E-state index contributed by atoms with van der Waals surface area (Å²) >= 11 is 0. The molecule has 0 fully saturated rings. The second-order valence-electron chi connectivity index (χ2n) is 1.75. The Morgan fingerprint density at radius 3 is 1.69 bits per heavy atom. The van der Waals surface area contributed by atoms with Gasteiger partial charge in [0.15, 0.2) is 0 Å². The van der Waals surface area contributed by atoms with Crippen LogP contribution in [-0.2, 0) is 21.1 Å². The van der Waals surface area contributed by atoms with Gasteiger partial charge in [-0.3, -0.25) is 0 Å². The zero-order chi connectivity index (χ0) is 12.7. The van der Waals surface area contributed by atoms with E-state index in [0.29, 0.717) is 5.70 Å². The van der Waals surface area contributed by atoms with Crippen LogP contribution in [0.4, 0.5) is 0 Å². The summed E-state index contributed by atoms with van der Waals surface area (Å²) in [6.07, 6.45) is 0. The Morgan fingerprint density at radius 2 is 1.50 bits per heavy atom. The van der Waals surface area contributed by atoms with Crippen LogP contribution in [0.5, 0.6) is 0 Å². The first-order valence-corrected chi connectivity index (χ1v) is 5.68. The monoisotopic (exact) mass is 391 g/mol. The molecule has 0 aliphatic carbocycles. The molecule has 92 valence electrons. The molecule has 0 aromatic heterocycles. The van der Waals surface area contributed by atoms with Crippen LogP contribution in [-0.4, -0.2) is 0 Å². The Kier molecular flexibility index (Phi) is 36.8. The molecule has 0 spiro atoms. The van der Waals surface area contributed by atoms with Crippen molar-refractivity contribution in [1.82, 2.24) is 0 Å². The van der Waals surface area contributed by atoms with Crippen molar-refractivity contribution in [1.29, 1.82) is 0 Å². The summed E-state index contributed by atoms with van der Waals surface area (Å²) in [5, 5.41) is 0. The smallest absolute Gasteiger partial charge is 0.743 e. The molecule has 1 N–H and O–H groups in total. The molecule has 1 aromatic rings. The molecule has 0 heterocycles. The number of rotatable bonds is 1. The van der Waals surface area contributed by atoms with Gasteiger partial charge in [0.1, 0.15) is 0 Å². The maximum Gasteiger partial charge on any atom is 2.00 e. The SMILES string of the molecule is C=C([NH-])c1[c-]cccc1.CC.CC.CC.[W+2]. The van der Waals surface area contributed by atoms with E-state index in [4.69, 9.17) is 5.73 Å². The second kappa shape index (κ2) is 23.9. The van der Waals surface area contributed by atoms with Crippen molar-refractivity contribution in [3.63, 3.8) is 0 Å². The molecular weight excluding hydrogens is 366 g/mol. The van der Waals surface area contributed by atoms with Gasteiger partial charge in [0, 0.05) is 0 Å². The van der Waals surface area contributed by atoms with Crippen LogP contribution in [0.2, 0.25) is 0 Å². The van der Waals surface area contributed by atoms with Crippen molar-refractivity contribution in [2.45, 2.75) is 41.5 Å². The summed E-state index contributed by atoms with van der Waals surface area (Å²) in [5.74, 6) is 0. The predicted octanol–water partition coefficient (Wildman–Crippen LogP) is 5.59. The molecule has 0 unspecified atom stereocenters. The molecule has 1 nitrogen and oxygen atoms in total. The number of hydrogen-bond donors (Lipinski definition) is 0. The van der Waals surface area contributed by atoms with Gasteiger partial charge < -0.3 is 5.73 Å². The Hall–Kier alpha value is -0.552. The van der Waals surface area contributed by atoms with Crippen LogP contribution in [0.15, 0.2) is 30.8 Å². The molecule has 16 heavy (non-hydrogen) atoms. The van der Waals surface area contributed by atoms with Gasteiger partial charge in [-0.2, -0.15) is 12.1 Å². The van der Waals surface area contributed by atoms with E-state index >= 15 is 0 Å². The maximum atomic E-state index is 7.09. The second-order valence-corrected chi connectivity index (χ2v) is 1.75. The largest absolute Gasteiger partial charge is 2.00 e. The van der Waals surface area contributed by atoms with Crippen LogP contribution in [0, 0.1) is 6.07 Å². The predicted molar refractivity (Wildman–Crippen MR) is 72.7 cm³/mol. The normalized spacial score (nSPS) is 6.12. The molecule has 0 aliphatic rings. The van der Waals surface area contributed by atoms with E-state index in [1.807, 2.05) is 59.7 Å². The minimum Gasteiger partial charge on any atom is -0.743 e. The third-order valence-corrected chi connectivity index (χ3v) is 1.03. The Bertz CT molecular complexity index is 207. The summed E-state index contributed by atoms with van der Waals surface area (Å²) in [4.78, 5) is 0. The quantitative estimate of drug-likeness (QED) is 0.558. The first-order chi connectivity index (χ1) is 7.30. The molecule has 0 aliphatic heterocycles. The fraction of sp³-hybridized carbons (Fsp3) is 0.429. The zero-order valence-electron chi connectivity index (χ0n) is 11.4. The first kappa shape index (κ1) is 24.6. The van der Waals surface area contributed by atoms with Crippen molar-refractivity contribution in [3.05, 3.63) is 48.2 Å². The molecule has 0 atom stereocenters. The van der Waals surface area contributed by atoms with E-state index in [-0.39, 0.29) is 21.1 Å². The number of hydrogen-bond acceptors (Lipinski definition) is 0. The first-order valence-electron chi connectivity index (χ1n) is 5.68. The topological polar surface area (TPSA) is 23.8 Å². The molecule has 0 bridgehead atoms. The Balaban J connectivity index is -0.0000000900. The molecule has 2 heteroatoms. The summed E-state index contributed by atoms with van der Waals surface area (Å²) in [6.45, 7) is 15.5. The summed E-state index contributed by atoms with van der Waals surface area (Å²) in [6, 6.07) is 10.2. The van der Waals surface area contributed by atoms with Crippen molar-refractivity contribution < 1.29 is 21.1 Å². The minimum atomic E-state index is 0. The van der Waals surface area contributed by atoms with Gasteiger partial charge in [0.05, 0.1) is 0 Å². The van der Waals surface area contributed by atoms with Crippen LogP contribution in [0.1, 0.15) is 47.1 Å². The van der Waals surface area contributed by atoms with Crippen molar-refractivity contribution in [2.75, 3.05) is 0 Å². The molecular formula is C14H25NW. The third kappa shape index (κ3) is 15.9. The van der Waals surface area contributed by atoms with Gasteiger partial charge in [0.2, 0.25) is 0 Å². The Morgan fingerprint density at radius 1 is 1.06 bits per heavy atom. The average molecular weight is 391 g/mol. The zero-order valence-corrected chi connectivity index (χ0v) is 14.4. The summed E-state index contributed by atoms with van der Waals surface area (Å²) < 4.78 is 0. The van der Waals surface area contributed by atoms with Crippen LogP contribution in [0.25, 0.3) is 11.4 Å². The summed E-state index contributed by atoms with van der Waals surface area (Å²) in [7, 11) is 0. The van der Waals surface area contributed by atoms with Gasteiger partial charge in [-0.1, -0.05) is 41.5 Å². The van der Waals surface area contributed by atoms with Crippen molar-refractivity contribution >= 4 is 5.70 Å². The van der Waals surface area contributed by atoms with Gasteiger partial charge >= 0.3 is 21.1 Å². The average Bonchev–Trinajstić information content (AvgIpc) is 2.38. The van der Waals surface area contributed by atoms with E-state index in [1.54, 1.807) is 6.07 Å².